The normalized spacial score (nSPS) is 19.1. The van der Waals surface area contributed by atoms with Gasteiger partial charge in [-0.15, -0.1) is 10.1 Å². The van der Waals surface area contributed by atoms with E-state index in [1.165, 1.54) is 20.0 Å². The fourth-order valence-electron chi connectivity index (χ4n) is 5.82. The maximum absolute atomic E-state index is 12.5. The molecule has 4 atom stereocenters. The van der Waals surface area contributed by atoms with E-state index in [-0.39, 0.29) is 55.8 Å². The van der Waals surface area contributed by atoms with Crippen molar-refractivity contribution in [1.82, 2.24) is 0 Å². The van der Waals surface area contributed by atoms with Crippen molar-refractivity contribution >= 4 is 23.8 Å². The van der Waals surface area contributed by atoms with Gasteiger partial charge in [0.25, 0.3) is 5.09 Å². The molecule has 12 nitrogen and oxygen atoms in total. The van der Waals surface area contributed by atoms with Crippen LogP contribution in [0.5, 0.6) is 11.5 Å². The third kappa shape index (κ3) is 16.4. The summed E-state index contributed by atoms with van der Waals surface area (Å²) in [6.07, 6.45) is 15.9. The Labute approximate surface area is 283 Å². The third-order valence-electron chi connectivity index (χ3n) is 8.45. The molecule has 1 aliphatic carbocycles. The maximum Gasteiger partial charge on any atom is 0.311 e. The van der Waals surface area contributed by atoms with Crippen molar-refractivity contribution in [3.8, 4) is 11.5 Å². The minimum absolute atomic E-state index is 0.00534. The Kier molecular flexibility index (Phi) is 19.8. The van der Waals surface area contributed by atoms with E-state index in [4.69, 9.17) is 14.2 Å². The minimum atomic E-state index is -0.910. The van der Waals surface area contributed by atoms with Crippen LogP contribution in [0.3, 0.4) is 0 Å². The smallest absolute Gasteiger partial charge is 0.311 e. The molecule has 0 unspecified atom stereocenters. The highest BCUT2D eigenvalue weighted by molar-refractivity contribution is 5.78. The van der Waals surface area contributed by atoms with E-state index < -0.39 is 29.2 Å². The number of ether oxygens (including phenoxy) is 3. The summed E-state index contributed by atoms with van der Waals surface area (Å²) in [6, 6.07) is 5.04. The number of carbonyl (C=O) groups excluding carboxylic acids is 3. The van der Waals surface area contributed by atoms with Gasteiger partial charge in [0.05, 0.1) is 25.9 Å². The number of Topliss-reactive ketones (excluding diaryl/α,β-unsaturated/α-hetero) is 1. The van der Waals surface area contributed by atoms with Crippen LogP contribution < -0.4 is 9.47 Å². The number of methoxy groups -OCH3 is 1. The molecule has 1 aromatic rings. The van der Waals surface area contributed by atoms with E-state index in [0.717, 1.165) is 24.8 Å². The molecule has 2 N–H and O–H groups in total. The number of aliphatic hydroxyl groups excluding tert-OH is 2. The lowest BCUT2D eigenvalue weighted by Crippen LogP contribution is -2.22. The first-order valence-corrected chi connectivity index (χ1v) is 17.2. The van der Waals surface area contributed by atoms with Crippen molar-refractivity contribution in [2.45, 2.75) is 115 Å². The van der Waals surface area contributed by atoms with Crippen LogP contribution in [0.2, 0.25) is 0 Å². The predicted octanol–water partition coefficient (Wildman–Crippen LogP) is 6.33. The van der Waals surface area contributed by atoms with Crippen LogP contribution in [0, 0.1) is 22.0 Å². The molecule has 0 amide bonds. The zero-order valence-electron chi connectivity index (χ0n) is 28.4. The Balaban J connectivity index is 1.70. The molecular weight excluding hydrogens is 622 g/mol. The number of unbranched alkanes of at least 4 members (excludes halogenated alkanes) is 5. The highest BCUT2D eigenvalue weighted by Crippen LogP contribution is 2.38. The van der Waals surface area contributed by atoms with Crippen LogP contribution in [0.1, 0.15) is 109 Å². The fraction of sp³-hybridized carbons (Fsp3) is 0.639. The highest BCUT2D eigenvalue weighted by atomic mass is 16.9. The molecule has 0 aliphatic heterocycles. The van der Waals surface area contributed by atoms with Crippen LogP contribution in [0.4, 0.5) is 0 Å². The Bertz CT molecular complexity index is 1200. The molecule has 2 rings (SSSR count). The maximum atomic E-state index is 12.5. The van der Waals surface area contributed by atoms with E-state index >= 15 is 0 Å². The number of hydrogen-bond acceptors (Lipinski definition) is 11. The lowest BCUT2D eigenvalue weighted by atomic mass is 9.86. The number of hydrogen-bond donors (Lipinski definition) is 2. The second-order valence-electron chi connectivity index (χ2n) is 12.2. The zero-order valence-corrected chi connectivity index (χ0v) is 28.4. The van der Waals surface area contributed by atoms with Crippen molar-refractivity contribution < 1.29 is 48.7 Å². The van der Waals surface area contributed by atoms with Gasteiger partial charge in [0.15, 0.2) is 11.5 Å². The van der Waals surface area contributed by atoms with Crippen LogP contribution in [0.25, 0.3) is 6.08 Å². The zero-order chi connectivity index (χ0) is 35.1. The van der Waals surface area contributed by atoms with Gasteiger partial charge in [-0.1, -0.05) is 56.9 Å². The molecule has 1 saturated carbocycles. The molecule has 0 radical (unpaired) electrons. The standard InChI is InChI=1S/C36H53NO11/c1-3-4-5-6-9-15-28(38)20-21-30-29(31(39)26-32(30)40)16-10-7-8-11-17-36(42)48-33-22-19-27(25-34(33)45-2)14-12-23-46-35(41)18-13-24-47-37(43)44/h7,10,12,14,19,22,25,29-32,39-40H,3-6,8-9,11,13,15-18,20-21,23-24,26H2,1-2H3/b10-7-,14-12+/t29-,30-,31+,32-/m1/s1. The summed E-state index contributed by atoms with van der Waals surface area (Å²) in [5.41, 5.74) is 0.735. The topological polar surface area (TPSA) is 172 Å². The Hall–Kier alpha value is -3.77. The van der Waals surface area contributed by atoms with Gasteiger partial charge in [-0.2, -0.15) is 0 Å². The van der Waals surface area contributed by atoms with Gasteiger partial charge in [0.2, 0.25) is 0 Å². The van der Waals surface area contributed by atoms with Crippen molar-refractivity contribution in [3.05, 3.63) is 52.1 Å². The average Bonchev–Trinajstić information content (AvgIpc) is 3.33. The first kappa shape index (κ1) is 40.4. The van der Waals surface area contributed by atoms with Crippen molar-refractivity contribution in [2.75, 3.05) is 20.3 Å². The molecule has 1 aliphatic rings. The molecule has 1 fully saturated rings. The molecule has 0 aromatic heterocycles. The van der Waals surface area contributed by atoms with Crippen LogP contribution in [0.15, 0.2) is 36.4 Å². The summed E-state index contributed by atoms with van der Waals surface area (Å²) >= 11 is 0. The molecular formula is C36H53NO11. The van der Waals surface area contributed by atoms with Gasteiger partial charge in [0, 0.05) is 25.7 Å². The number of allylic oxidation sites excluding steroid dienone is 2. The summed E-state index contributed by atoms with van der Waals surface area (Å²) in [6.45, 7) is 2.02. The second kappa shape index (κ2) is 23.5. The summed E-state index contributed by atoms with van der Waals surface area (Å²) in [4.78, 5) is 50.8. The Morgan fingerprint density at radius 2 is 1.65 bits per heavy atom. The van der Waals surface area contributed by atoms with Crippen LogP contribution in [-0.4, -0.2) is 65.6 Å². The first-order chi connectivity index (χ1) is 23.1. The average molecular weight is 676 g/mol. The van der Waals surface area contributed by atoms with Gasteiger partial charge in [-0.05, 0) is 80.6 Å². The molecule has 48 heavy (non-hydrogen) atoms. The minimum Gasteiger partial charge on any atom is -0.493 e. The van der Waals surface area contributed by atoms with Crippen molar-refractivity contribution in [2.24, 2.45) is 11.8 Å². The Morgan fingerprint density at radius 1 is 0.896 bits per heavy atom. The molecule has 0 heterocycles. The number of nitrogens with zero attached hydrogens (tertiary/aromatic N) is 1. The molecule has 1 aromatic carbocycles. The molecule has 12 heteroatoms. The summed E-state index contributed by atoms with van der Waals surface area (Å²) in [5, 5.41) is 30.2. The molecule has 0 saturated heterocycles. The van der Waals surface area contributed by atoms with Gasteiger partial charge in [-0.3, -0.25) is 14.4 Å². The van der Waals surface area contributed by atoms with E-state index in [9.17, 15) is 34.7 Å². The Morgan fingerprint density at radius 3 is 2.40 bits per heavy atom. The van der Waals surface area contributed by atoms with Gasteiger partial charge in [0.1, 0.15) is 12.4 Å². The fourth-order valence-corrected chi connectivity index (χ4v) is 5.82. The monoisotopic (exact) mass is 675 g/mol. The largest absolute Gasteiger partial charge is 0.493 e. The first-order valence-electron chi connectivity index (χ1n) is 17.2. The molecule has 0 bridgehead atoms. The van der Waals surface area contributed by atoms with Crippen molar-refractivity contribution in [3.63, 3.8) is 0 Å². The lowest BCUT2D eigenvalue weighted by molar-refractivity contribution is -0.757. The number of ketones is 1. The van der Waals surface area contributed by atoms with E-state index in [1.807, 2.05) is 12.2 Å². The van der Waals surface area contributed by atoms with Crippen LogP contribution >= 0.6 is 0 Å². The predicted molar refractivity (Wildman–Crippen MR) is 180 cm³/mol. The molecule has 0 spiro atoms. The highest BCUT2D eigenvalue weighted by Gasteiger charge is 2.40. The number of carbonyl (C=O) groups is 3. The van der Waals surface area contributed by atoms with Crippen LogP contribution in [-0.2, 0) is 24.0 Å². The van der Waals surface area contributed by atoms with Crippen molar-refractivity contribution in [1.29, 1.82) is 0 Å². The second-order valence-corrected chi connectivity index (χ2v) is 12.2. The summed E-state index contributed by atoms with van der Waals surface area (Å²) < 4.78 is 15.9. The quantitative estimate of drug-likeness (QED) is 0.0296. The summed E-state index contributed by atoms with van der Waals surface area (Å²) in [7, 11) is 1.47. The number of esters is 2. The van der Waals surface area contributed by atoms with E-state index in [1.54, 1.807) is 30.4 Å². The SMILES string of the molecule is CCCCCCCC(=O)CC[C@@H]1[C@@H](C/C=C\CCCC(=O)Oc2ccc(/C=C/COC(=O)CCCO[N+](=O)[O-])cc2OC)[C@@H](O)C[C@H]1O. The van der Waals surface area contributed by atoms with Gasteiger partial charge >= 0.3 is 11.9 Å². The number of benzene rings is 1. The van der Waals surface area contributed by atoms with Gasteiger partial charge in [-0.25, -0.2) is 0 Å². The number of aliphatic hydroxyl groups is 2. The van der Waals surface area contributed by atoms with E-state index in [0.29, 0.717) is 50.7 Å². The van der Waals surface area contributed by atoms with E-state index in [2.05, 4.69) is 11.8 Å². The summed E-state index contributed by atoms with van der Waals surface area (Å²) in [5.74, 6) is -0.187. The molecule has 268 valence electrons. The van der Waals surface area contributed by atoms with Gasteiger partial charge < -0.3 is 29.3 Å². The lowest BCUT2D eigenvalue weighted by Gasteiger charge is -2.22. The number of rotatable bonds is 25. The third-order valence-corrected chi connectivity index (χ3v) is 8.45.